The van der Waals surface area contributed by atoms with Crippen molar-refractivity contribution in [2.45, 2.75) is 25.6 Å². The zero-order chi connectivity index (χ0) is 25.5. The Morgan fingerprint density at radius 1 is 1.06 bits per heavy atom. The van der Waals surface area contributed by atoms with Gasteiger partial charge in [-0.2, -0.15) is 0 Å². The van der Waals surface area contributed by atoms with Crippen molar-refractivity contribution in [3.8, 4) is 5.75 Å². The van der Waals surface area contributed by atoms with Crippen molar-refractivity contribution in [2.24, 2.45) is 0 Å². The van der Waals surface area contributed by atoms with Gasteiger partial charge in [0.05, 0.1) is 12.3 Å². The fourth-order valence-electron chi connectivity index (χ4n) is 4.37. The lowest BCUT2D eigenvalue weighted by Crippen LogP contribution is -2.62. The lowest BCUT2D eigenvalue weighted by molar-refractivity contribution is -0.140. The van der Waals surface area contributed by atoms with Crippen molar-refractivity contribution in [1.29, 1.82) is 0 Å². The summed E-state index contributed by atoms with van der Waals surface area (Å²) in [7, 11) is 2.03. The Kier molecular flexibility index (Phi) is 7.87. The van der Waals surface area contributed by atoms with Gasteiger partial charge in [-0.3, -0.25) is 9.69 Å². The summed E-state index contributed by atoms with van der Waals surface area (Å²) in [5, 5.41) is 17.5. The molecule has 8 heteroatoms. The highest BCUT2D eigenvalue weighted by Crippen LogP contribution is 2.40. The SMILES string of the molecule is CCOc1ccc(N2C(=O)Nc3ccccc3[C@]2(O)C(=O)NCCCN(C)Cc2ccccc2)cc1. The molecule has 0 unspecified atom stereocenters. The number of carbonyl (C=O) groups is 2. The van der Waals surface area contributed by atoms with Crippen molar-refractivity contribution < 1.29 is 19.4 Å². The van der Waals surface area contributed by atoms with Gasteiger partial charge in [-0.1, -0.05) is 48.5 Å². The van der Waals surface area contributed by atoms with Crippen LogP contribution >= 0.6 is 0 Å². The average molecular weight is 489 g/mol. The fourth-order valence-corrected chi connectivity index (χ4v) is 4.37. The number of aliphatic hydroxyl groups is 1. The highest BCUT2D eigenvalue weighted by atomic mass is 16.5. The van der Waals surface area contributed by atoms with Crippen LogP contribution in [0.25, 0.3) is 0 Å². The van der Waals surface area contributed by atoms with Crippen LogP contribution < -0.4 is 20.3 Å². The van der Waals surface area contributed by atoms with E-state index in [0.717, 1.165) is 18.0 Å². The second kappa shape index (κ2) is 11.2. The van der Waals surface area contributed by atoms with Gasteiger partial charge in [0, 0.05) is 24.3 Å². The first kappa shape index (κ1) is 25.2. The van der Waals surface area contributed by atoms with E-state index in [4.69, 9.17) is 4.74 Å². The predicted molar refractivity (Wildman–Crippen MR) is 140 cm³/mol. The Balaban J connectivity index is 1.49. The summed E-state index contributed by atoms with van der Waals surface area (Å²) in [5.41, 5.74) is 0.0594. The number of urea groups is 1. The van der Waals surface area contributed by atoms with Crippen LogP contribution in [0.4, 0.5) is 16.2 Å². The lowest BCUT2D eigenvalue weighted by atomic mass is 9.94. The van der Waals surface area contributed by atoms with Crippen LogP contribution in [0.3, 0.4) is 0 Å². The fraction of sp³-hybridized carbons (Fsp3) is 0.286. The molecule has 1 heterocycles. The molecule has 0 saturated carbocycles. The summed E-state index contributed by atoms with van der Waals surface area (Å²) in [5.74, 6) is -0.0314. The Hall–Kier alpha value is -3.88. The van der Waals surface area contributed by atoms with E-state index in [9.17, 15) is 14.7 Å². The molecule has 0 radical (unpaired) electrons. The van der Waals surface area contributed by atoms with Crippen molar-refractivity contribution >= 4 is 23.3 Å². The molecule has 0 spiro atoms. The minimum absolute atomic E-state index is 0.303. The number of benzene rings is 3. The number of para-hydroxylation sites is 1. The van der Waals surface area contributed by atoms with Gasteiger partial charge in [0.25, 0.3) is 11.6 Å². The van der Waals surface area contributed by atoms with E-state index in [1.807, 2.05) is 32.2 Å². The van der Waals surface area contributed by atoms with Crippen molar-refractivity contribution in [3.05, 3.63) is 90.0 Å². The van der Waals surface area contributed by atoms with Gasteiger partial charge >= 0.3 is 6.03 Å². The van der Waals surface area contributed by atoms with Crippen molar-refractivity contribution in [1.82, 2.24) is 10.2 Å². The number of fused-ring (bicyclic) bond motifs is 1. The van der Waals surface area contributed by atoms with E-state index in [-0.39, 0.29) is 0 Å². The third-order valence-electron chi connectivity index (χ3n) is 6.09. The Bertz CT molecular complexity index is 1190. The zero-order valence-corrected chi connectivity index (χ0v) is 20.6. The maximum atomic E-state index is 13.5. The first-order chi connectivity index (χ1) is 17.4. The highest BCUT2D eigenvalue weighted by molar-refractivity contribution is 6.11. The highest BCUT2D eigenvalue weighted by Gasteiger charge is 2.51. The first-order valence-electron chi connectivity index (χ1n) is 12.1. The van der Waals surface area contributed by atoms with E-state index in [1.54, 1.807) is 48.5 Å². The smallest absolute Gasteiger partial charge is 0.329 e. The van der Waals surface area contributed by atoms with Crippen LogP contribution in [-0.2, 0) is 17.1 Å². The number of amides is 3. The van der Waals surface area contributed by atoms with Gasteiger partial charge in [-0.05, 0) is 62.8 Å². The second-order valence-electron chi connectivity index (χ2n) is 8.74. The molecule has 8 nitrogen and oxygen atoms in total. The minimum atomic E-state index is -2.22. The summed E-state index contributed by atoms with van der Waals surface area (Å²) >= 11 is 0. The molecule has 3 N–H and O–H groups in total. The lowest BCUT2D eigenvalue weighted by Gasteiger charge is -2.42. The third-order valence-corrected chi connectivity index (χ3v) is 6.09. The van der Waals surface area contributed by atoms with Crippen LogP contribution in [0.15, 0.2) is 78.9 Å². The van der Waals surface area contributed by atoms with Gasteiger partial charge in [0.1, 0.15) is 5.75 Å². The number of rotatable bonds is 10. The van der Waals surface area contributed by atoms with E-state index in [2.05, 4.69) is 27.7 Å². The normalized spacial score (nSPS) is 16.9. The number of nitrogens with zero attached hydrogens (tertiary/aromatic N) is 2. The summed E-state index contributed by atoms with van der Waals surface area (Å²) in [4.78, 5) is 29.9. The summed E-state index contributed by atoms with van der Waals surface area (Å²) in [6, 6.07) is 23.0. The standard InChI is InChI=1S/C28H32N4O4/c1-3-36-23-16-14-22(15-17-23)32-27(34)30-25-13-8-7-12-24(25)28(32,35)26(33)29-18-9-19-31(2)20-21-10-5-4-6-11-21/h4-8,10-17,35H,3,9,18-20H2,1-2H3,(H,29,33)(H,30,34)/t28-/m0/s1. The molecule has 1 aliphatic rings. The van der Waals surface area contributed by atoms with Gasteiger partial charge in [0.2, 0.25) is 0 Å². The molecular weight excluding hydrogens is 456 g/mol. The molecule has 3 aromatic rings. The number of ether oxygens (including phenoxy) is 1. The van der Waals surface area contributed by atoms with Crippen molar-refractivity contribution in [3.63, 3.8) is 0 Å². The number of anilines is 2. The summed E-state index contributed by atoms with van der Waals surface area (Å²) in [6.45, 7) is 4.29. The van der Waals surface area contributed by atoms with E-state index >= 15 is 0 Å². The average Bonchev–Trinajstić information content (AvgIpc) is 2.88. The maximum Gasteiger partial charge on any atom is 0.329 e. The third kappa shape index (κ3) is 5.35. The van der Waals surface area contributed by atoms with Gasteiger partial charge in [-0.25, -0.2) is 4.79 Å². The quantitative estimate of drug-likeness (QED) is 0.376. The number of hydrogen-bond acceptors (Lipinski definition) is 5. The molecule has 1 aliphatic heterocycles. The Morgan fingerprint density at radius 3 is 2.47 bits per heavy atom. The van der Waals surface area contributed by atoms with Crippen LogP contribution in [0.1, 0.15) is 24.5 Å². The Labute approximate surface area is 211 Å². The van der Waals surface area contributed by atoms with Crippen molar-refractivity contribution in [2.75, 3.05) is 37.0 Å². The molecule has 4 rings (SSSR count). The first-order valence-corrected chi connectivity index (χ1v) is 12.1. The van der Waals surface area contributed by atoms with Crippen LogP contribution in [0.2, 0.25) is 0 Å². The molecule has 0 aromatic heterocycles. The Morgan fingerprint density at radius 2 is 1.75 bits per heavy atom. The van der Waals surface area contributed by atoms with E-state index in [1.165, 1.54) is 5.56 Å². The van der Waals surface area contributed by atoms with Crippen LogP contribution in [0.5, 0.6) is 5.75 Å². The van der Waals surface area contributed by atoms with Crippen LogP contribution in [0, 0.1) is 0 Å². The molecular formula is C28H32N4O4. The minimum Gasteiger partial charge on any atom is -0.494 e. The van der Waals surface area contributed by atoms with E-state index < -0.39 is 17.7 Å². The predicted octanol–water partition coefficient (Wildman–Crippen LogP) is 3.92. The molecule has 0 fully saturated rings. The monoisotopic (exact) mass is 488 g/mol. The molecule has 1 atom stereocenters. The molecule has 0 bridgehead atoms. The summed E-state index contributed by atoms with van der Waals surface area (Å²) in [6.07, 6.45) is 0.683. The number of hydrogen-bond donors (Lipinski definition) is 3. The van der Waals surface area contributed by atoms with Gasteiger partial charge in [0.15, 0.2) is 0 Å². The van der Waals surface area contributed by atoms with Gasteiger partial charge in [-0.15, -0.1) is 0 Å². The topological polar surface area (TPSA) is 94.1 Å². The molecule has 0 aliphatic carbocycles. The molecule has 3 aromatic carbocycles. The number of nitrogens with one attached hydrogen (secondary N) is 2. The molecule has 3 amide bonds. The molecule has 0 saturated heterocycles. The largest absolute Gasteiger partial charge is 0.494 e. The van der Waals surface area contributed by atoms with Gasteiger partial charge < -0.3 is 25.4 Å². The summed E-state index contributed by atoms with van der Waals surface area (Å²) < 4.78 is 5.49. The zero-order valence-electron chi connectivity index (χ0n) is 20.6. The van der Waals surface area contributed by atoms with Crippen LogP contribution in [-0.4, -0.2) is 48.7 Å². The maximum absolute atomic E-state index is 13.5. The second-order valence-corrected chi connectivity index (χ2v) is 8.74. The molecule has 188 valence electrons. The number of carbonyl (C=O) groups excluding carboxylic acids is 2. The molecule has 36 heavy (non-hydrogen) atoms. The van der Waals surface area contributed by atoms with E-state index in [0.29, 0.717) is 42.3 Å².